The minimum absolute atomic E-state index is 0.194. The molecule has 98 valence electrons. The van der Waals surface area contributed by atoms with E-state index in [1.807, 2.05) is 21.0 Å². The summed E-state index contributed by atoms with van der Waals surface area (Å²) in [6, 6.07) is 0. The Morgan fingerprint density at radius 1 is 1.25 bits per heavy atom. The van der Waals surface area contributed by atoms with Crippen LogP contribution in [0, 0.1) is 11.3 Å². The minimum atomic E-state index is -0.624. The van der Waals surface area contributed by atoms with Crippen LogP contribution in [0.15, 0.2) is 0 Å². The molecule has 0 heterocycles. The summed E-state index contributed by atoms with van der Waals surface area (Å²) >= 11 is 0. The zero-order valence-electron chi connectivity index (χ0n) is 11.8. The molecule has 0 radical (unpaired) electrons. The van der Waals surface area contributed by atoms with Crippen LogP contribution in [-0.2, 0) is 4.74 Å². The van der Waals surface area contributed by atoms with Crippen LogP contribution in [0.5, 0.6) is 0 Å². The van der Waals surface area contributed by atoms with Gasteiger partial charge in [-0.1, -0.05) is 27.7 Å². The minimum Gasteiger partial charge on any atom is -0.368 e. The monoisotopic (exact) mass is 231 g/mol. The Bertz CT molecular complexity index is 175. The fourth-order valence-corrected chi connectivity index (χ4v) is 1.82. The molecule has 0 aliphatic heterocycles. The first-order valence-corrected chi connectivity index (χ1v) is 6.17. The summed E-state index contributed by atoms with van der Waals surface area (Å²) in [6.45, 7) is 10.2. The second-order valence-corrected chi connectivity index (χ2v) is 6.16. The van der Waals surface area contributed by atoms with Crippen LogP contribution >= 0.6 is 0 Å². The molecule has 0 bridgehead atoms. The molecule has 2 atom stereocenters. The van der Waals surface area contributed by atoms with Gasteiger partial charge >= 0.3 is 0 Å². The third-order valence-electron chi connectivity index (χ3n) is 2.46. The van der Waals surface area contributed by atoms with Gasteiger partial charge in [-0.3, -0.25) is 0 Å². The van der Waals surface area contributed by atoms with Crippen molar-refractivity contribution in [2.24, 2.45) is 11.3 Å². The standard InChI is InChI=1S/C13H29NO2/c1-11(10-13(2,3)4)12(15)16-9-7-8-14(5)6/h11-12,15H,7-10H2,1-6H3/t11-,12?/m1/s1. The molecule has 0 aliphatic carbocycles. The molecular formula is C13H29NO2. The number of ether oxygens (including phenoxy) is 1. The van der Waals surface area contributed by atoms with Gasteiger partial charge in [-0.05, 0) is 38.9 Å². The van der Waals surface area contributed by atoms with Crippen molar-refractivity contribution in [3.05, 3.63) is 0 Å². The summed E-state index contributed by atoms with van der Waals surface area (Å²) in [6.07, 6.45) is 1.31. The van der Waals surface area contributed by atoms with E-state index in [2.05, 4.69) is 25.7 Å². The molecule has 16 heavy (non-hydrogen) atoms. The molecule has 0 aromatic carbocycles. The molecule has 3 heteroatoms. The van der Waals surface area contributed by atoms with Crippen molar-refractivity contribution in [3.63, 3.8) is 0 Å². The topological polar surface area (TPSA) is 32.7 Å². The van der Waals surface area contributed by atoms with Crippen LogP contribution in [0.25, 0.3) is 0 Å². The number of nitrogens with zero attached hydrogens (tertiary/aromatic N) is 1. The van der Waals surface area contributed by atoms with E-state index >= 15 is 0 Å². The third-order valence-corrected chi connectivity index (χ3v) is 2.46. The van der Waals surface area contributed by atoms with Crippen LogP contribution in [0.2, 0.25) is 0 Å². The highest BCUT2D eigenvalue weighted by molar-refractivity contribution is 4.67. The number of rotatable bonds is 7. The van der Waals surface area contributed by atoms with E-state index in [0.717, 1.165) is 19.4 Å². The lowest BCUT2D eigenvalue weighted by Gasteiger charge is -2.26. The highest BCUT2D eigenvalue weighted by Crippen LogP contribution is 2.26. The third kappa shape index (κ3) is 9.13. The maximum absolute atomic E-state index is 9.81. The largest absolute Gasteiger partial charge is 0.368 e. The summed E-state index contributed by atoms with van der Waals surface area (Å²) in [5, 5.41) is 9.81. The maximum atomic E-state index is 9.81. The Morgan fingerprint density at radius 2 is 1.81 bits per heavy atom. The average molecular weight is 231 g/mol. The van der Waals surface area contributed by atoms with E-state index < -0.39 is 6.29 Å². The van der Waals surface area contributed by atoms with Crippen LogP contribution in [0.4, 0.5) is 0 Å². The first-order valence-electron chi connectivity index (χ1n) is 6.17. The van der Waals surface area contributed by atoms with Gasteiger partial charge in [-0.25, -0.2) is 0 Å². The Kier molecular flexibility index (Phi) is 7.20. The smallest absolute Gasteiger partial charge is 0.157 e. The van der Waals surface area contributed by atoms with Gasteiger partial charge in [0.2, 0.25) is 0 Å². The lowest BCUT2D eigenvalue weighted by Crippen LogP contribution is -2.26. The van der Waals surface area contributed by atoms with Crippen LogP contribution in [0.1, 0.15) is 40.5 Å². The quantitative estimate of drug-likeness (QED) is 0.539. The maximum Gasteiger partial charge on any atom is 0.157 e. The second-order valence-electron chi connectivity index (χ2n) is 6.16. The second kappa shape index (κ2) is 7.25. The summed E-state index contributed by atoms with van der Waals surface area (Å²) < 4.78 is 5.43. The molecule has 1 N–H and O–H groups in total. The molecule has 0 rings (SSSR count). The average Bonchev–Trinajstić information content (AvgIpc) is 2.08. The molecule has 3 nitrogen and oxygen atoms in total. The number of hydrogen-bond acceptors (Lipinski definition) is 3. The molecule has 0 aromatic heterocycles. The van der Waals surface area contributed by atoms with Crippen molar-refractivity contribution in [2.75, 3.05) is 27.2 Å². The number of aliphatic hydroxyl groups is 1. The number of hydrogen-bond donors (Lipinski definition) is 1. The summed E-state index contributed by atoms with van der Waals surface area (Å²) in [5.41, 5.74) is 0.243. The molecule has 0 aromatic rings. The van der Waals surface area contributed by atoms with Crippen LogP contribution in [0.3, 0.4) is 0 Å². The van der Waals surface area contributed by atoms with Crippen molar-refractivity contribution in [2.45, 2.75) is 46.8 Å². The van der Waals surface area contributed by atoms with Gasteiger partial charge in [0.15, 0.2) is 6.29 Å². The molecule has 0 spiro atoms. The van der Waals surface area contributed by atoms with Gasteiger partial charge in [-0.15, -0.1) is 0 Å². The fourth-order valence-electron chi connectivity index (χ4n) is 1.82. The van der Waals surface area contributed by atoms with Crippen LogP contribution in [-0.4, -0.2) is 43.5 Å². The number of aliphatic hydroxyl groups excluding tert-OH is 1. The van der Waals surface area contributed by atoms with Gasteiger partial charge in [0.05, 0.1) is 6.61 Å². The highest BCUT2D eigenvalue weighted by Gasteiger charge is 2.21. The zero-order chi connectivity index (χ0) is 12.8. The summed E-state index contributed by atoms with van der Waals surface area (Å²) in [5.74, 6) is 0.194. The van der Waals surface area contributed by atoms with E-state index in [-0.39, 0.29) is 11.3 Å². The van der Waals surface area contributed by atoms with Crippen molar-refractivity contribution in [1.29, 1.82) is 0 Å². The Morgan fingerprint density at radius 3 is 2.25 bits per heavy atom. The van der Waals surface area contributed by atoms with Gasteiger partial charge < -0.3 is 14.7 Å². The van der Waals surface area contributed by atoms with Gasteiger partial charge in [0.1, 0.15) is 0 Å². The predicted molar refractivity (Wildman–Crippen MR) is 68.4 cm³/mol. The van der Waals surface area contributed by atoms with Gasteiger partial charge in [-0.2, -0.15) is 0 Å². The molecule has 0 saturated heterocycles. The van der Waals surface area contributed by atoms with Crippen molar-refractivity contribution < 1.29 is 9.84 Å². The van der Waals surface area contributed by atoms with Gasteiger partial charge in [0.25, 0.3) is 0 Å². The first-order chi connectivity index (χ1) is 7.22. The fraction of sp³-hybridized carbons (Fsp3) is 1.00. The normalized spacial score (nSPS) is 16.5. The van der Waals surface area contributed by atoms with Gasteiger partial charge in [0, 0.05) is 5.92 Å². The van der Waals surface area contributed by atoms with E-state index in [1.165, 1.54) is 0 Å². The zero-order valence-corrected chi connectivity index (χ0v) is 11.8. The highest BCUT2D eigenvalue weighted by atomic mass is 16.6. The Labute approximate surface area is 101 Å². The van der Waals surface area contributed by atoms with E-state index in [1.54, 1.807) is 0 Å². The predicted octanol–water partition coefficient (Wildman–Crippen LogP) is 2.35. The van der Waals surface area contributed by atoms with Crippen molar-refractivity contribution in [1.82, 2.24) is 4.90 Å². The van der Waals surface area contributed by atoms with E-state index in [0.29, 0.717) is 6.61 Å². The first kappa shape index (κ1) is 15.9. The lowest BCUT2D eigenvalue weighted by atomic mass is 9.85. The van der Waals surface area contributed by atoms with E-state index in [9.17, 15) is 5.11 Å². The Hall–Kier alpha value is -0.120. The van der Waals surface area contributed by atoms with Crippen molar-refractivity contribution >= 4 is 0 Å². The molecule has 0 fully saturated rings. The molecule has 0 amide bonds. The summed E-state index contributed by atoms with van der Waals surface area (Å²) in [4.78, 5) is 2.12. The van der Waals surface area contributed by atoms with Crippen molar-refractivity contribution in [3.8, 4) is 0 Å². The Balaban J connectivity index is 3.67. The van der Waals surface area contributed by atoms with E-state index in [4.69, 9.17) is 4.74 Å². The molecule has 1 unspecified atom stereocenters. The molecular weight excluding hydrogens is 202 g/mol. The SMILES string of the molecule is C[C@H](CC(C)(C)C)C(O)OCCCN(C)C. The van der Waals surface area contributed by atoms with Crippen LogP contribution < -0.4 is 0 Å². The molecule has 0 aliphatic rings. The molecule has 0 saturated carbocycles. The summed E-state index contributed by atoms with van der Waals surface area (Å²) in [7, 11) is 4.08. The lowest BCUT2D eigenvalue weighted by molar-refractivity contribution is -0.137.